The molecule has 2 aromatic carbocycles. The molecule has 0 spiro atoms. The second-order valence-corrected chi connectivity index (χ2v) is 6.46. The number of nitrogens with zero attached hydrogens (tertiary/aromatic N) is 2. The summed E-state index contributed by atoms with van der Waals surface area (Å²) in [6.07, 6.45) is -0.427. The molecule has 1 aliphatic rings. The van der Waals surface area contributed by atoms with Gasteiger partial charge in [0.25, 0.3) is 5.56 Å². The van der Waals surface area contributed by atoms with E-state index in [1.165, 1.54) is 18.2 Å². The Morgan fingerprint density at radius 2 is 1.93 bits per heavy atom. The van der Waals surface area contributed by atoms with Gasteiger partial charge in [0, 0.05) is 17.7 Å². The number of halogens is 3. The van der Waals surface area contributed by atoms with Crippen LogP contribution in [0.25, 0.3) is 11.1 Å². The lowest BCUT2D eigenvalue weighted by atomic mass is 10.0. The molecule has 1 aromatic heterocycles. The molecule has 1 aliphatic heterocycles. The number of fused-ring (bicyclic) bond motifs is 1. The molecule has 29 heavy (non-hydrogen) atoms. The number of hydrogen-bond acceptors (Lipinski definition) is 5. The Labute approximate surface area is 162 Å². The molecule has 0 bridgehead atoms. The zero-order valence-corrected chi connectivity index (χ0v) is 14.9. The molecule has 2 heterocycles. The van der Waals surface area contributed by atoms with Gasteiger partial charge in [0.15, 0.2) is 17.7 Å². The Morgan fingerprint density at radius 1 is 1.17 bits per heavy atom. The second kappa shape index (κ2) is 7.59. The van der Waals surface area contributed by atoms with Crippen molar-refractivity contribution in [2.75, 3.05) is 6.61 Å². The molecular weight excluding hydrogens is 389 g/mol. The van der Waals surface area contributed by atoms with Crippen molar-refractivity contribution in [3.63, 3.8) is 0 Å². The average Bonchev–Trinajstić information content (AvgIpc) is 3.11. The minimum atomic E-state index is -1.26. The van der Waals surface area contributed by atoms with Crippen LogP contribution in [0.3, 0.4) is 0 Å². The first-order valence-electron chi connectivity index (χ1n) is 8.70. The highest BCUT2D eigenvalue weighted by Gasteiger charge is 2.26. The fraction of sp³-hybridized carbons (Fsp3) is 0.200. The van der Waals surface area contributed by atoms with Crippen molar-refractivity contribution in [3.8, 4) is 22.9 Å². The molecule has 0 amide bonds. The van der Waals surface area contributed by atoms with Crippen molar-refractivity contribution in [2.45, 2.75) is 19.3 Å². The van der Waals surface area contributed by atoms with Gasteiger partial charge in [-0.15, -0.1) is 0 Å². The van der Waals surface area contributed by atoms with Crippen molar-refractivity contribution >= 4 is 0 Å². The zero-order chi connectivity index (χ0) is 20.5. The highest BCUT2D eigenvalue weighted by atomic mass is 19.2. The summed E-state index contributed by atoms with van der Waals surface area (Å²) in [5.41, 5.74) is 0.0128. The van der Waals surface area contributed by atoms with Crippen molar-refractivity contribution < 1.29 is 27.8 Å². The summed E-state index contributed by atoms with van der Waals surface area (Å²) in [6.45, 7) is 0.162. The SMILES string of the molecule is O=c1cc(CO)n2c(n1)O[C@H](COc1ccc(-c3cc(F)cc(F)c3F)cc1)C2. The standard InChI is InChI=1S/C20H15F3N2O4/c21-12-5-16(19(23)17(22)6-12)11-1-3-14(4-2-11)28-10-15-8-25-13(9-26)7-18(27)24-20(25)29-15/h1-7,15,26H,8-10H2/t15-/m0/s1. The smallest absolute Gasteiger partial charge is 0.300 e. The van der Waals surface area contributed by atoms with Gasteiger partial charge in [0.1, 0.15) is 18.2 Å². The van der Waals surface area contributed by atoms with Gasteiger partial charge in [-0.25, -0.2) is 13.2 Å². The first-order chi connectivity index (χ1) is 13.9. The van der Waals surface area contributed by atoms with Gasteiger partial charge >= 0.3 is 6.01 Å². The fourth-order valence-electron chi connectivity index (χ4n) is 3.11. The highest BCUT2D eigenvalue weighted by Crippen LogP contribution is 2.28. The predicted molar refractivity (Wildman–Crippen MR) is 96.1 cm³/mol. The van der Waals surface area contributed by atoms with Gasteiger partial charge in [-0.2, -0.15) is 4.98 Å². The summed E-state index contributed by atoms with van der Waals surface area (Å²) in [5, 5.41) is 9.35. The van der Waals surface area contributed by atoms with Crippen LogP contribution < -0.4 is 15.0 Å². The van der Waals surface area contributed by atoms with E-state index in [0.29, 0.717) is 29.6 Å². The van der Waals surface area contributed by atoms with Crippen LogP contribution in [0.2, 0.25) is 0 Å². The predicted octanol–water partition coefficient (Wildman–Crippen LogP) is 2.66. The van der Waals surface area contributed by atoms with Crippen LogP contribution in [-0.2, 0) is 13.2 Å². The maximum absolute atomic E-state index is 13.9. The summed E-state index contributed by atoms with van der Waals surface area (Å²) in [4.78, 5) is 15.2. The van der Waals surface area contributed by atoms with E-state index >= 15 is 0 Å². The van der Waals surface area contributed by atoms with Crippen molar-refractivity contribution in [1.82, 2.24) is 9.55 Å². The molecule has 0 aliphatic carbocycles. The van der Waals surface area contributed by atoms with E-state index in [-0.39, 0.29) is 24.8 Å². The Bertz CT molecular complexity index is 1120. The first-order valence-corrected chi connectivity index (χ1v) is 8.70. The second-order valence-electron chi connectivity index (χ2n) is 6.46. The molecule has 1 atom stereocenters. The Balaban J connectivity index is 1.44. The number of hydrogen-bond donors (Lipinski definition) is 1. The highest BCUT2D eigenvalue weighted by molar-refractivity contribution is 5.65. The Morgan fingerprint density at radius 3 is 2.66 bits per heavy atom. The maximum Gasteiger partial charge on any atom is 0.300 e. The molecule has 3 aromatic rings. The molecule has 0 radical (unpaired) electrons. The van der Waals surface area contributed by atoms with Gasteiger partial charge in [0.2, 0.25) is 0 Å². The Kier molecular flexibility index (Phi) is 4.98. The molecular formula is C20H15F3N2O4. The summed E-state index contributed by atoms with van der Waals surface area (Å²) in [6, 6.07) is 8.82. The average molecular weight is 404 g/mol. The van der Waals surface area contributed by atoms with Crippen molar-refractivity contribution in [2.24, 2.45) is 0 Å². The number of aliphatic hydroxyl groups excluding tert-OH is 1. The quantitative estimate of drug-likeness (QED) is 0.662. The van der Waals surface area contributed by atoms with E-state index in [9.17, 15) is 23.1 Å². The van der Waals surface area contributed by atoms with Crippen LogP contribution >= 0.6 is 0 Å². The monoisotopic (exact) mass is 404 g/mol. The lowest BCUT2D eigenvalue weighted by Gasteiger charge is -2.12. The topological polar surface area (TPSA) is 73.6 Å². The number of benzene rings is 2. The number of aliphatic hydroxyl groups is 1. The number of aromatic nitrogens is 2. The molecule has 0 fully saturated rings. The first kappa shape index (κ1) is 19.0. The van der Waals surface area contributed by atoms with Crippen LogP contribution in [0.5, 0.6) is 11.8 Å². The van der Waals surface area contributed by atoms with Crippen molar-refractivity contribution in [1.29, 1.82) is 0 Å². The fourth-order valence-corrected chi connectivity index (χ4v) is 3.11. The Hall–Kier alpha value is -3.33. The maximum atomic E-state index is 13.9. The molecule has 6 nitrogen and oxygen atoms in total. The van der Waals surface area contributed by atoms with Gasteiger partial charge in [-0.3, -0.25) is 9.36 Å². The summed E-state index contributed by atoms with van der Waals surface area (Å²) < 4.78 is 53.5. The van der Waals surface area contributed by atoms with E-state index in [4.69, 9.17) is 9.47 Å². The van der Waals surface area contributed by atoms with Gasteiger partial charge in [-0.1, -0.05) is 12.1 Å². The minimum Gasteiger partial charge on any atom is -0.490 e. The van der Waals surface area contributed by atoms with E-state index in [2.05, 4.69) is 4.98 Å². The van der Waals surface area contributed by atoms with Gasteiger partial charge in [0.05, 0.1) is 18.8 Å². The van der Waals surface area contributed by atoms with Gasteiger partial charge < -0.3 is 14.6 Å². The third-order valence-corrected chi connectivity index (χ3v) is 4.49. The molecule has 0 unspecified atom stereocenters. The minimum absolute atomic E-state index is 0.120. The molecule has 1 N–H and O–H groups in total. The number of rotatable bonds is 5. The lowest BCUT2D eigenvalue weighted by molar-refractivity contribution is 0.143. The van der Waals surface area contributed by atoms with Crippen LogP contribution in [-0.4, -0.2) is 27.4 Å². The van der Waals surface area contributed by atoms with E-state index in [1.54, 1.807) is 16.7 Å². The molecule has 9 heteroatoms. The lowest BCUT2D eigenvalue weighted by Crippen LogP contribution is -2.23. The summed E-state index contributed by atoms with van der Waals surface area (Å²) in [7, 11) is 0. The van der Waals surface area contributed by atoms with E-state index in [0.717, 1.165) is 6.07 Å². The summed E-state index contributed by atoms with van der Waals surface area (Å²) in [5.74, 6) is -2.81. The third-order valence-electron chi connectivity index (χ3n) is 4.49. The summed E-state index contributed by atoms with van der Waals surface area (Å²) >= 11 is 0. The normalized spacial score (nSPS) is 15.1. The third kappa shape index (κ3) is 3.81. The van der Waals surface area contributed by atoms with Crippen LogP contribution in [0.15, 0.2) is 47.3 Å². The number of ether oxygens (including phenoxy) is 2. The molecule has 0 saturated carbocycles. The van der Waals surface area contributed by atoms with Gasteiger partial charge in [-0.05, 0) is 23.8 Å². The van der Waals surface area contributed by atoms with E-state index in [1.807, 2.05) is 0 Å². The van der Waals surface area contributed by atoms with Crippen molar-refractivity contribution in [3.05, 3.63) is 76.0 Å². The van der Waals surface area contributed by atoms with Crippen LogP contribution in [0.4, 0.5) is 13.2 Å². The van der Waals surface area contributed by atoms with Crippen LogP contribution in [0, 0.1) is 17.5 Å². The largest absolute Gasteiger partial charge is 0.490 e. The molecule has 4 rings (SSSR count). The van der Waals surface area contributed by atoms with Crippen LogP contribution in [0.1, 0.15) is 5.69 Å². The molecule has 150 valence electrons. The zero-order valence-electron chi connectivity index (χ0n) is 14.9. The van der Waals surface area contributed by atoms with E-state index < -0.39 is 29.1 Å². The molecule has 0 saturated heterocycles.